The Morgan fingerprint density at radius 2 is 1.10 bits per heavy atom. The Hall–Kier alpha value is -0.410. The molecule has 0 spiro atoms. The molecule has 0 saturated carbocycles. The molecular weight excluding hydrogens is 407 g/mol. The maximum Gasteiger partial charge on any atom is 0.331 e. The summed E-state index contributed by atoms with van der Waals surface area (Å²) in [6, 6.07) is 0. The number of hydrogen-bond donors (Lipinski definition) is 1. The van der Waals surface area contributed by atoms with Gasteiger partial charge >= 0.3 is 11.9 Å². The third-order valence-electron chi connectivity index (χ3n) is 4.14. The molecule has 1 radical (unpaired) electrons. The van der Waals surface area contributed by atoms with E-state index in [1.54, 1.807) is 0 Å². The fourth-order valence-corrected chi connectivity index (χ4v) is 3.07. The summed E-state index contributed by atoms with van der Waals surface area (Å²) in [6.45, 7) is 2.39. The molecule has 0 fully saturated rings. The first-order chi connectivity index (χ1) is 13.3. The summed E-state index contributed by atoms with van der Waals surface area (Å²) in [5.74, 6) is -1.85. The molecule has 1 N–H and O–H groups in total. The van der Waals surface area contributed by atoms with Crippen molar-refractivity contribution in [1.82, 2.24) is 0 Å². The molecule has 165 valence electrons. The first kappa shape index (κ1) is 30.8. The van der Waals surface area contributed by atoms with E-state index in [1.807, 2.05) is 0 Å². The minimum atomic E-state index is -4.06. The van der Waals surface area contributed by atoms with Crippen molar-refractivity contribution < 1.29 is 32.0 Å². The molecule has 0 aromatic rings. The number of rotatable bonds is 18. The van der Waals surface area contributed by atoms with Crippen LogP contribution in [0.1, 0.15) is 84.0 Å². The second-order valence-electron chi connectivity index (χ2n) is 6.84. The first-order valence-corrected chi connectivity index (χ1v) is 11.9. The van der Waals surface area contributed by atoms with Crippen molar-refractivity contribution in [3.05, 3.63) is 12.2 Å². The third-order valence-corrected chi connectivity index (χ3v) is 4.94. The molecule has 0 aromatic carbocycles. The zero-order valence-electron chi connectivity index (χ0n) is 18.1. The summed E-state index contributed by atoms with van der Waals surface area (Å²) in [5, 5.41) is 0. The topological polar surface area (TPSA) is 107 Å². The van der Waals surface area contributed by atoms with Crippen LogP contribution in [0.25, 0.3) is 0 Å². The Morgan fingerprint density at radius 1 is 0.724 bits per heavy atom. The van der Waals surface area contributed by atoms with Gasteiger partial charge in [0, 0.05) is 41.7 Å². The molecule has 7 nitrogen and oxygen atoms in total. The molecule has 0 aromatic heterocycles. The molecule has 0 unspecified atom stereocenters. The second kappa shape index (κ2) is 20.8. The molecule has 0 amide bonds. The molecular formula is C20H36NaO7S. The van der Waals surface area contributed by atoms with Crippen LogP contribution >= 0.6 is 0 Å². The van der Waals surface area contributed by atoms with Crippen molar-refractivity contribution in [3.63, 3.8) is 0 Å². The van der Waals surface area contributed by atoms with E-state index in [0.717, 1.165) is 31.4 Å². The molecule has 0 aliphatic rings. The number of esters is 2. The smallest absolute Gasteiger partial charge is 0.331 e. The predicted octanol–water partition coefficient (Wildman–Crippen LogP) is 3.84. The molecule has 0 rings (SSSR count). The van der Waals surface area contributed by atoms with Gasteiger partial charge in [0.2, 0.25) is 0 Å². The zero-order valence-corrected chi connectivity index (χ0v) is 20.9. The largest absolute Gasteiger partial charge is 0.463 e. The van der Waals surface area contributed by atoms with Gasteiger partial charge in [-0.3, -0.25) is 4.55 Å². The van der Waals surface area contributed by atoms with Crippen molar-refractivity contribution in [2.45, 2.75) is 84.0 Å². The summed E-state index contributed by atoms with van der Waals surface area (Å²) in [6.07, 6.45) is 15.3. The van der Waals surface area contributed by atoms with Crippen molar-refractivity contribution in [2.24, 2.45) is 0 Å². The predicted molar refractivity (Wildman–Crippen MR) is 114 cm³/mol. The monoisotopic (exact) mass is 443 g/mol. The van der Waals surface area contributed by atoms with Gasteiger partial charge in [0.1, 0.15) is 0 Å². The Morgan fingerprint density at radius 3 is 1.52 bits per heavy atom. The summed E-state index contributed by atoms with van der Waals surface area (Å²) >= 11 is 0. The van der Waals surface area contributed by atoms with Crippen LogP contribution in [0.2, 0.25) is 0 Å². The SMILES string of the molecule is CCCCCCCCCCCCCOC(=O)C=CC(=O)OCCCS(=O)(=O)O.[Na]. The average Bonchev–Trinajstić information content (AvgIpc) is 2.63. The van der Waals surface area contributed by atoms with Crippen LogP contribution in [-0.4, -0.2) is 73.4 Å². The number of unbranched alkanes of at least 4 members (excludes halogenated alkanes) is 10. The average molecular weight is 444 g/mol. The molecule has 0 bridgehead atoms. The normalized spacial score (nSPS) is 11.2. The van der Waals surface area contributed by atoms with E-state index in [4.69, 9.17) is 14.0 Å². The molecule has 29 heavy (non-hydrogen) atoms. The van der Waals surface area contributed by atoms with Crippen LogP contribution < -0.4 is 0 Å². The van der Waals surface area contributed by atoms with E-state index in [2.05, 4.69) is 6.92 Å². The first-order valence-electron chi connectivity index (χ1n) is 10.3. The molecule has 0 aliphatic carbocycles. The van der Waals surface area contributed by atoms with E-state index in [0.29, 0.717) is 6.61 Å². The van der Waals surface area contributed by atoms with Gasteiger partial charge in [-0.2, -0.15) is 8.42 Å². The number of hydrogen-bond acceptors (Lipinski definition) is 6. The van der Waals surface area contributed by atoms with E-state index in [-0.39, 0.29) is 42.6 Å². The van der Waals surface area contributed by atoms with Gasteiger partial charge in [-0.1, -0.05) is 71.1 Å². The maximum atomic E-state index is 11.5. The minimum Gasteiger partial charge on any atom is -0.463 e. The van der Waals surface area contributed by atoms with Crippen LogP contribution in [0.5, 0.6) is 0 Å². The van der Waals surface area contributed by atoms with Gasteiger partial charge < -0.3 is 9.47 Å². The zero-order chi connectivity index (χ0) is 21.1. The van der Waals surface area contributed by atoms with Crippen LogP contribution in [0, 0.1) is 0 Å². The van der Waals surface area contributed by atoms with Crippen LogP contribution in [0.4, 0.5) is 0 Å². The second-order valence-corrected chi connectivity index (χ2v) is 8.42. The number of ether oxygens (including phenoxy) is 2. The van der Waals surface area contributed by atoms with Crippen LogP contribution in [-0.2, 0) is 29.2 Å². The van der Waals surface area contributed by atoms with Gasteiger partial charge in [0.25, 0.3) is 10.1 Å². The molecule has 0 atom stereocenters. The summed E-state index contributed by atoms with van der Waals surface area (Å²) in [5.41, 5.74) is 0. The van der Waals surface area contributed by atoms with E-state index in [9.17, 15) is 18.0 Å². The fraction of sp³-hybridized carbons (Fsp3) is 0.800. The van der Waals surface area contributed by atoms with Crippen molar-refractivity contribution in [2.75, 3.05) is 19.0 Å². The Kier molecular flexibility index (Phi) is 22.1. The van der Waals surface area contributed by atoms with Gasteiger partial charge in [-0.05, 0) is 12.8 Å². The van der Waals surface area contributed by atoms with E-state index >= 15 is 0 Å². The van der Waals surface area contributed by atoms with Crippen molar-refractivity contribution in [3.8, 4) is 0 Å². The summed E-state index contributed by atoms with van der Waals surface area (Å²) in [4.78, 5) is 22.8. The Labute approximate surface area is 198 Å². The molecule has 0 aliphatic heterocycles. The van der Waals surface area contributed by atoms with E-state index < -0.39 is 27.8 Å². The maximum absolute atomic E-state index is 11.5. The molecule has 0 heterocycles. The van der Waals surface area contributed by atoms with Gasteiger partial charge in [0.05, 0.1) is 19.0 Å². The van der Waals surface area contributed by atoms with E-state index in [1.165, 1.54) is 51.4 Å². The van der Waals surface area contributed by atoms with Gasteiger partial charge in [0.15, 0.2) is 0 Å². The third kappa shape index (κ3) is 25.6. The standard InChI is InChI=1S/C20H36O7S.Na/c1-2-3-4-5-6-7-8-9-10-11-12-16-26-19(21)14-15-20(22)27-17-13-18-28(23,24)25;/h14-15H,2-13,16-18H2,1H3,(H,23,24,25);. The van der Waals surface area contributed by atoms with Crippen LogP contribution in [0.3, 0.4) is 0 Å². The Balaban J connectivity index is 0. The van der Waals surface area contributed by atoms with Crippen molar-refractivity contribution in [1.29, 1.82) is 0 Å². The van der Waals surface area contributed by atoms with Gasteiger partial charge in [-0.15, -0.1) is 0 Å². The number of carbonyl (C=O) groups is 2. The van der Waals surface area contributed by atoms with Crippen molar-refractivity contribution >= 4 is 51.6 Å². The molecule has 0 saturated heterocycles. The Bertz CT molecular complexity index is 547. The quantitative estimate of drug-likeness (QED) is 0.113. The summed E-state index contributed by atoms with van der Waals surface area (Å²) < 4.78 is 39.2. The van der Waals surface area contributed by atoms with Crippen LogP contribution in [0.15, 0.2) is 12.2 Å². The van der Waals surface area contributed by atoms with Gasteiger partial charge in [-0.25, -0.2) is 9.59 Å². The summed E-state index contributed by atoms with van der Waals surface area (Å²) in [7, 11) is -4.06. The minimum absolute atomic E-state index is 0. The molecule has 9 heteroatoms. The fourth-order valence-electron chi connectivity index (χ4n) is 2.59. The number of carbonyl (C=O) groups excluding carboxylic acids is 2.